The van der Waals surface area contributed by atoms with Crippen LogP contribution >= 0.6 is 34.8 Å². The average molecular weight is 496 g/mol. The van der Waals surface area contributed by atoms with E-state index in [1.807, 2.05) is 19.1 Å². The van der Waals surface area contributed by atoms with Gasteiger partial charge in [0.1, 0.15) is 6.04 Å². The van der Waals surface area contributed by atoms with Gasteiger partial charge in [-0.05, 0) is 54.7 Å². The largest absolute Gasteiger partial charge is 0.352 e. The van der Waals surface area contributed by atoms with Crippen LogP contribution < -0.4 is 5.32 Å². The average Bonchev–Trinajstić information content (AvgIpc) is 2.75. The lowest BCUT2D eigenvalue weighted by atomic mass is 9.95. The van der Waals surface area contributed by atoms with Crippen LogP contribution in [0, 0.1) is 0 Å². The highest BCUT2D eigenvalue weighted by molar-refractivity contribution is 6.35. The monoisotopic (exact) mass is 494 g/mol. The molecule has 2 aromatic carbocycles. The van der Waals surface area contributed by atoms with Gasteiger partial charge < -0.3 is 10.2 Å². The van der Waals surface area contributed by atoms with Crippen LogP contribution in [0.25, 0.3) is 0 Å². The Morgan fingerprint density at radius 3 is 2.41 bits per heavy atom. The van der Waals surface area contributed by atoms with Crippen molar-refractivity contribution < 1.29 is 9.59 Å². The first-order chi connectivity index (χ1) is 15.4. The fourth-order valence-corrected chi connectivity index (χ4v) is 4.90. The van der Waals surface area contributed by atoms with Crippen LogP contribution in [0.5, 0.6) is 0 Å². The zero-order chi connectivity index (χ0) is 23.1. The predicted octanol–water partition coefficient (Wildman–Crippen LogP) is 6.45. The van der Waals surface area contributed by atoms with E-state index in [0.717, 1.165) is 36.8 Å². The molecule has 1 N–H and O–H groups in total. The molecule has 7 heteroatoms. The van der Waals surface area contributed by atoms with Gasteiger partial charge in [0.15, 0.2) is 0 Å². The molecule has 0 spiro atoms. The van der Waals surface area contributed by atoms with Gasteiger partial charge in [0, 0.05) is 27.7 Å². The molecular weight excluding hydrogens is 467 g/mol. The van der Waals surface area contributed by atoms with E-state index in [9.17, 15) is 9.59 Å². The lowest BCUT2D eigenvalue weighted by Crippen LogP contribution is -2.52. The highest BCUT2D eigenvalue weighted by Gasteiger charge is 2.30. The third-order valence-corrected chi connectivity index (χ3v) is 6.76. The van der Waals surface area contributed by atoms with E-state index in [-0.39, 0.29) is 30.8 Å². The molecule has 1 fully saturated rings. The van der Waals surface area contributed by atoms with Crippen LogP contribution in [0.15, 0.2) is 42.5 Å². The summed E-state index contributed by atoms with van der Waals surface area (Å²) in [6, 6.07) is 12.0. The minimum atomic E-state index is -0.588. The van der Waals surface area contributed by atoms with Gasteiger partial charge in [-0.1, -0.05) is 79.2 Å². The number of halogens is 3. The molecule has 0 aliphatic heterocycles. The predicted molar refractivity (Wildman–Crippen MR) is 131 cm³/mol. The van der Waals surface area contributed by atoms with Gasteiger partial charge in [0.25, 0.3) is 0 Å². The van der Waals surface area contributed by atoms with Crippen molar-refractivity contribution in [2.24, 2.45) is 0 Å². The van der Waals surface area contributed by atoms with Crippen molar-refractivity contribution >= 4 is 46.6 Å². The van der Waals surface area contributed by atoms with Gasteiger partial charge in [0.05, 0.1) is 6.42 Å². The zero-order valence-electron chi connectivity index (χ0n) is 18.3. The second kappa shape index (κ2) is 11.9. The maximum absolute atomic E-state index is 13.4. The molecule has 1 aliphatic carbocycles. The summed E-state index contributed by atoms with van der Waals surface area (Å²) in [7, 11) is 0. The molecule has 2 amide bonds. The number of rotatable bonds is 8. The molecule has 3 rings (SSSR count). The van der Waals surface area contributed by atoms with Crippen LogP contribution in [0.3, 0.4) is 0 Å². The standard InChI is InChI=1S/C25H29Cl3N2O2/c1-2-23(25(32)29-21-9-4-3-5-10-21)30(16-18-11-12-20(27)15-22(18)28)24(31)14-17-7-6-8-19(26)13-17/h6-8,11-13,15,21,23H,2-5,9-10,14,16H2,1H3,(H,29,32)/t23-/m1/s1. The molecule has 2 aromatic rings. The summed E-state index contributed by atoms with van der Waals surface area (Å²) in [6.45, 7) is 2.15. The summed E-state index contributed by atoms with van der Waals surface area (Å²) in [5, 5.41) is 4.75. The number of amides is 2. The number of hydrogen-bond acceptors (Lipinski definition) is 2. The van der Waals surface area contributed by atoms with Crippen molar-refractivity contribution in [1.82, 2.24) is 10.2 Å². The number of carbonyl (C=O) groups is 2. The Morgan fingerprint density at radius 2 is 1.75 bits per heavy atom. The van der Waals surface area contributed by atoms with E-state index in [1.54, 1.807) is 35.2 Å². The first kappa shape index (κ1) is 24.9. The Kier molecular flexibility index (Phi) is 9.27. The van der Waals surface area contributed by atoms with Crippen LogP contribution in [-0.4, -0.2) is 28.8 Å². The molecule has 0 aromatic heterocycles. The molecule has 1 saturated carbocycles. The first-order valence-corrected chi connectivity index (χ1v) is 12.3. The summed E-state index contributed by atoms with van der Waals surface area (Å²) in [5.74, 6) is -0.257. The summed E-state index contributed by atoms with van der Waals surface area (Å²) < 4.78 is 0. The summed E-state index contributed by atoms with van der Waals surface area (Å²) in [4.78, 5) is 28.3. The molecule has 32 heavy (non-hydrogen) atoms. The van der Waals surface area contributed by atoms with Crippen LogP contribution in [0.1, 0.15) is 56.6 Å². The first-order valence-electron chi connectivity index (χ1n) is 11.2. The molecule has 172 valence electrons. The highest BCUT2D eigenvalue weighted by atomic mass is 35.5. The maximum Gasteiger partial charge on any atom is 0.243 e. The van der Waals surface area contributed by atoms with E-state index in [2.05, 4.69) is 5.32 Å². The van der Waals surface area contributed by atoms with E-state index < -0.39 is 6.04 Å². The molecule has 0 unspecified atom stereocenters. The van der Waals surface area contributed by atoms with E-state index in [1.165, 1.54) is 6.42 Å². The molecule has 0 radical (unpaired) electrons. The van der Waals surface area contributed by atoms with E-state index >= 15 is 0 Å². The minimum absolute atomic E-state index is 0.107. The quantitative estimate of drug-likeness (QED) is 0.458. The Hall–Kier alpha value is -1.75. The van der Waals surface area contributed by atoms with Crippen molar-refractivity contribution in [2.75, 3.05) is 0 Å². The Labute approximate surface area is 205 Å². The smallest absolute Gasteiger partial charge is 0.243 e. The van der Waals surface area contributed by atoms with Gasteiger partial charge in [0.2, 0.25) is 11.8 Å². The van der Waals surface area contributed by atoms with Gasteiger partial charge >= 0.3 is 0 Å². The van der Waals surface area contributed by atoms with Crippen molar-refractivity contribution in [3.8, 4) is 0 Å². The molecule has 0 heterocycles. The molecule has 0 saturated heterocycles. The molecule has 4 nitrogen and oxygen atoms in total. The Balaban J connectivity index is 1.84. The lowest BCUT2D eigenvalue weighted by Gasteiger charge is -2.33. The number of benzene rings is 2. The molecule has 1 atom stereocenters. The van der Waals surface area contributed by atoms with Crippen LogP contribution in [-0.2, 0) is 22.6 Å². The third kappa shape index (κ3) is 6.87. The van der Waals surface area contributed by atoms with Crippen molar-refractivity contribution in [3.05, 3.63) is 68.7 Å². The SMILES string of the molecule is CC[C@H](C(=O)NC1CCCCC1)N(Cc1ccc(Cl)cc1Cl)C(=O)Cc1cccc(Cl)c1. The van der Waals surface area contributed by atoms with E-state index in [0.29, 0.717) is 21.5 Å². The van der Waals surface area contributed by atoms with Crippen molar-refractivity contribution in [2.45, 2.75) is 70.5 Å². The third-order valence-electron chi connectivity index (χ3n) is 5.94. The lowest BCUT2D eigenvalue weighted by molar-refractivity contribution is -0.141. The Bertz CT molecular complexity index is 945. The van der Waals surface area contributed by atoms with Gasteiger partial charge in [-0.15, -0.1) is 0 Å². The zero-order valence-corrected chi connectivity index (χ0v) is 20.5. The molecule has 1 aliphatic rings. The number of nitrogens with zero attached hydrogens (tertiary/aromatic N) is 1. The second-order valence-corrected chi connectivity index (χ2v) is 9.61. The topological polar surface area (TPSA) is 49.4 Å². The van der Waals surface area contributed by atoms with Gasteiger partial charge in [-0.25, -0.2) is 0 Å². The minimum Gasteiger partial charge on any atom is -0.352 e. The van der Waals surface area contributed by atoms with Gasteiger partial charge in [-0.3, -0.25) is 9.59 Å². The van der Waals surface area contributed by atoms with Crippen LogP contribution in [0.2, 0.25) is 15.1 Å². The number of hydrogen-bond donors (Lipinski definition) is 1. The highest BCUT2D eigenvalue weighted by Crippen LogP contribution is 2.25. The van der Waals surface area contributed by atoms with E-state index in [4.69, 9.17) is 34.8 Å². The fraction of sp³-hybridized carbons (Fsp3) is 0.440. The summed E-state index contributed by atoms with van der Waals surface area (Å²) >= 11 is 18.6. The number of carbonyl (C=O) groups excluding carboxylic acids is 2. The maximum atomic E-state index is 13.4. The number of nitrogens with one attached hydrogen (secondary N) is 1. The molecule has 0 bridgehead atoms. The molecular formula is C25H29Cl3N2O2. The van der Waals surface area contributed by atoms with Gasteiger partial charge in [-0.2, -0.15) is 0 Å². The summed E-state index contributed by atoms with van der Waals surface area (Å²) in [5.41, 5.74) is 1.55. The Morgan fingerprint density at radius 1 is 1.03 bits per heavy atom. The van der Waals surface area contributed by atoms with Crippen molar-refractivity contribution in [1.29, 1.82) is 0 Å². The summed E-state index contributed by atoms with van der Waals surface area (Å²) in [6.07, 6.45) is 6.09. The fourth-order valence-electron chi connectivity index (χ4n) is 4.22. The second-order valence-electron chi connectivity index (χ2n) is 8.33. The van der Waals surface area contributed by atoms with Crippen molar-refractivity contribution in [3.63, 3.8) is 0 Å². The van der Waals surface area contributed by atoms with Crippen LogP contribution in [0.4, 0.5) is 0 Å². The normalized spacial score (nSPS) is 15.2.